The van der Waals surface area contributed by atoms with E-state index in [9.17, 15) is 69.5 Å². The zero-order chi connectivity index (χ0) is 48.5. The molecule has 2 aliphatic heterocycles. The van der Waals surface area contributed by atoms with Crippen LogP contribution >= 0.6 is 23.2 Å². The van der Waals surface area contributed by atoms with E-state index in [1.807, 2.05) is 0 Å². The first-order valence-electron chi connectivity index (χ1n) is 19.1. The van der Waals surface area contributed by atoms with Crippen molar-refractivity contribution in [2.24, 2.45) is 0 Å². The van der Waals surface area contributed by atoms with E-state index in [1.54, 1.807) is 0 Å². The molecule has 73 heavy (non-hydrogen) atoms. The molecule has 5 aromatic rings. The molecular formula is C43H26Cl2K6N4O18. The SMILES string of the molecule is O=C([O-])CN(CC(=O)[O-])c1ccc(NC(=O)c2ccc3c(c2)C(=O)OC32c3cc(Cl)c([O-])cc3Oc3cc([O-])c(Cl)cc32)cc1OCCOc1cc([N+](=O)[O-])ccc1N(CC(=O)[O-])CC(=O)[O-].[K+].[K+].[K+].[K+].[K+].[K+]. The Morgan fingerprint density at radius 3 is 1.52 bits per heavy atom. The second kappa shape index (κ2) is 32.1. The van der Waals surface area contributed by atoms with Crippen molar-refractivity contribution in [3.05, 3.63) is 127 Å². The normalized spacial score (nSPS) is 11.6. The molecule has 7 rings (SSSR count). The van der Waals surface area contributed by atoms with Crippen LogP contribution in [-0.2, 0) is 29.5 Å². The van der Waals surface area contributed by atoms with E-state index in [1.165, 1.54) is 48.5 Å². The van der Waals surface area contributed by atoms with Crippen LogP contribution in [0.4, 0.5) is 22.7 Å². The minimum Gasteiger partial charge on any atom is -0.871 e. The minimum absolute atomic E-state index is 0. The molecule has 0 radical (unpaired) electrons. The van der Waals surface area contributed by atoms with Gasteiger partial charge in [0, 0.05) is 50.1 Å². The van der Waals surface area contributed by atoms with Gasteiger partial charge in [0.25, 0.3) is 11.6 Å². The number of anilines is 3. The number of carbonyl (C=O) groups excluding carboxylic acids is 6. The second-order valence-electron chi connectivity index (χ2n) is 14.4. The van der Waals surface area contributed by atoms with Crippen molar-refractivity contribution in [3.8, 4) is 34.5 Å². The first kappa shape index (κ1) is 72.3. The first-order valence-corrected chi connectivity index (χ1v) is 19.9. The largest absolute Gasteiger partial charge is 1.00 e. The van der Waals surface area contributed by atoms with Crippen molar-refractivity contribution in [2.75, 3.05) is 54.5 Å². The predicted octanol–water partition coefficient (Wildman–Crippen LogP) is -19.0. The van der Waals surface area contributed by atoms with E-state index in [0.717, 1.165) is 40.1 Å². The number of nitro benzene ring substituents is 1. The van der Waals surface area contributed by atoms with E-state index in [-0.39, 0.29) is 386 Å². The summed E-state index contributed by atoms with van der Waals surface area (Å²) in [4.78, 5) is 85.9. The molecule has 0 unspecified atom stereocenters. The van der Waals surface area contributed by atoms with Crippen LogP contribution in [0.25, 0.3) is 0 Å². The van der Waals surface area contributed by atoms with Crippen molar-refractivity contribution >= 4 is 81.7 Å². The number of halogens is 2. The summed E-state index contributed by atoms with van der Waals surface area (Å²) < 4.78 is 23.4. The molecule has 2 heterocycles. The number of amides is 1. The second-order valence-corrected chi connectivity index (χ2v) is 15.2. The number of hydrogen-bond acceptors (Lipinski definition) is 20. The van der Waals surface area contributed by atoms with Crippen LogP contribution in [0.2, 0.25) is 10.0 Å². The van der Waals surface area contributed by atoms with Gasteiger partial charge in [-0.25, -0.2) is 4.79 Å². The van der Waals surface area contributed by atoms with E-state index in [0.29, 0.717) is 0 Å². The van der Waals surface area contributed by atoms with Crippen LogP contribution in [0.5, 0.6) is 34.5 Å². The summed E-state index contributed by atoms with van der Waals surface area (Å²) >= 11 is 12.5. The fraction of sp³-hybridized carbons (Fsp3) is 0.163. The Morgan fingerprint density at radius 1 is 0.616 bits per heavy atom. The molecule has 0 atom stereocenters. The molecule has 0 fully saturated rings. The topological polar surface area (TPSA) is 339 Å². The van der Waals surface area contributed by atoms with Gasteiger partial charge in [0.1, 0.15) is 36.2 Å². The average molecular weight is 1190 g/mol. The van der Waals surface area contributed by atoms with Crippen molar-refractivity contribution in [1.82, 2.24) is 0 Å². The van der Waals surface area contributed by atoms with E-state index in [2.05, 4.69) is 5.32 Å². The number of carboxylic acids is 4. The maximum absolute atomic E-state index is 13.8. The fourth-order valence-electron chi connectivity index (χ4n) is 7.41. The number of hydrogen-bond donors (Lipinski definition) is 1. The van der Waals surface area contributed by atoms with Crippen LogP contribution < -0.4 is 368 Å². The van der Waals surface area contributed by atoms with Gasteiger partial charge in [0.05, 0.1) is 78.0 Å². The summed E-state index contributed by atoms with van der Waals surface area (Å²) in [6.07, 6.45) is 0. The van der Waals surface area contributed by atoms with Gasteiger partial charge in [-0.05, 0) is 54.6 Å². The number of esters is 1. The standard InChI is InChI=1S/C43H32Cl2N4O18.6K/c44-27-12-25-33(14-31(27)50)66-34-15-32(51)28(45)13-26(34)43(25)24-4-1-20(9-23(24)42(61)67-43)41(60)46-21-2-5-29(47(16-37(52)53)17-38(54)55)35(10-21)64-7-8-65-36-11-22(49(62)63)3-6-30(36)48(18-39(56)57)19-40(58)59;;;;;;/h1-6,9-15,50-51H,7-8,16-19H2,(H,46,60)(H,52,53)(H,54,55)(H,56,57)(H,58,59);;;;;;/q;6*+1/p-6. The third-order valence-corrected chi connectivity index (χ3v) is 10.7. The van der Waals surface area contributed by atoms with Gasteiger partial charge in [-0.2, -0.15) is 0 Å². The molecule has 22 nitrogen and oxygen atoms in total. The van der Waals surface area contributed by atoms with Gasteiger partial charge in [-0.3, -0.25) is 14.9 Å². The van der Waals surface area contributed by atoms with Crippen molar-refractivity contribution < 1.29 is 392 Å². The van der Waals surface area contributed by atoms with E-state index in [4.69, 9.17) is 42.1 Å². The Bertz CT molecular complexity index is 2870. The van der Waals surface area contributed by atoms with Gasteiger partial charge >= 0.3 is 314 Å². The van der Waals surface area contributed by atoms with Crippen LogP contribution in [0.3, 0.4) is 0 Å². The molecule has 2 aliphatic rings. The Hall–Kier alpha value is 1.32. The van der Waals surface area contributed by atoms with Crippen molar-refractivity contribution in [3.63, 3.8) is 0 Å². The number of carbonyl (C=O) groups is 6. The maximum Gasteiger partial charge on any atom is 1.00 e. The first-order chi connectivity index (χ1) is 31.7. The summed E-state index contributed by atoms with van der Waals surface area (Å²) in [6.45, 7) is -4.97. The van der Waals surface area contributed by atoms with Crippen LogP contribution in [0.1, 0.15) is 37.4 Å². The number of nitro groups is 1. The van der Waals surface area contributed by atoms with Gasteiger partial charge in [-0.15, -0.1) is 0 Å². The molecule has 1 spiro atoms. The van der Waals surface area contributed by atoms with Crippen LogP contribution in [0.15, 0.2) is 78.9 Å². The van der Waals surface area contributed by atoms with E-state index < -0.39 is 103 Å². The summed E-state index contributed by atoms with van der Waals surface area (Å²) in [5.41, 5.74) is -2.65. The number of nitrogens with one attached hydrogen (secondary N) is 1. The summed E-state index contributed by atoms with van der Waals surface area (Å²) in [5, 5.41) is 84.8. The molecule has 0 saturated heterocycles. The summed E-state index contributed by atoms with van der Waals surface area (Å²) in [7, 11) is 0. The molecule has 0 aromatic heterocycles. The van der Waals surface area contributed by atoms with Crippen molar-refractivity contribution in [2.45, 2.75) is 5.60 Å². The Morgan fingerprint density at radius 2 is 1.07 bits per heavy atom. The number of rotatable bonds is 18. The monoisotopic (exact) mass is 1190 g/mol. The molecule has 0 aliphatic carbocycles. The summed E-state index contributed by atoms with van der Waals surface area (Å²) in [6, 6.07) is 15.0. The fourth-order valence-corrected chi connectivity index (χ4v) is 7.73. The third kappa shape index (κ3) is 17.4. The molecule has 1 N–H and O–H groups in total. The molecule has 0 bridgehead atoms. The number of nitrogens with zero attached hydrogens (tertiary/aromatic N) is 3. The molecule has 30 heteroatoms. The van der Waals surface area contributed by atoms with Crippen molar-refractivity contribution in [1.29, 1.82) is 0 Å². The molecule has 1 amide bonds. The number of ether oxygens (including phenoxy) is 4. The number of fused-ring (bicyclic) bond motifs is 6. The molecular weight excluding hydrogens is 1170 g/mol. The maximum atomic E-state index is 13.8. The molecule has 346 valence electrons. The predicted molar refractivity (Wildman–Crippen MR) is 217 cm³/mol. The zero-order valence-corrected chi connectivity index (χ0v) is 59.9. The van der Waals surface area contributed by atoms with Gasteiger partial charge in [0.2, 0.25) is 0 Å². The Labute approximate surface area is 678 Å². The quantitative estimate of drug-likeness (QED) is 0.0280. The minimum atomic E-state index is -1.85. The van der Waals surface area contributed by atoms with Gasteiger partial charge < -0.3 is 83.9 Å². The number of non-ortho nitro benzene ring substituents is 1. The number of benzene rings is 5. The molecule has 5 aromatic carbocycles. The van der Waals surface area contributed by atoms with Gasteiger partial charge in [-0.1, -0.05) is 40.8 Å². The number of aliphatic carboxylic acids is 4. The van der Waals surface area contributed by atoms with E-state index >= 15 is 0 Å². The smallest absolute Gasteiger partial charge is 0.871 e. The molecule has 0 saturated carbocycles. The van der Waals surface area contributed by atoms with Gasteiger partial charge in [0.15, 0.2) is 5.60 Å². The van der Waals surface area contributed by atoms with Crippen LogP contribution in [0, 0.1) is 10.1 Å². The van der Waals surface area contributed by atoms with Crippen LogP contribution in [-0.4, -0.2) is 80.1 Å². The third-order valence-electron chi connectivity index (χ3n) is 10.1. The Kier molecular flexibility index (Phi) is 31.8. The summed E-state index contributed by atoms with van der Waals surface area (Å²) in [5.74, 6) is -10.6. The number of carboxylic acid groups (broad SMARTS) is 4. The Balaban J connectivity index is 0.00000444. The zero-order valence-electron chi connectivity index (χ0n) is 39.7. The average Bonchev–Trinajstić information content (AvgIpc) is 3.54.